The highest BCUT2D eigenvalue weighted by Gasteiger charge is 2.36. The molecule has 0 bridgehead atoms. The van der Waals surface area contributed by atoms with Crippen molar-refractivity contribution in [3.63, 3.8) is 0 Å². The molecule has 2 aromatic heterocycles. The van der Waals surface area contributed by atoms with E-state index >= 15 is 0 Å². The monoisotopic (exact) mass is 375 g/mol. The largest absolute Gasteiger partial charge is 0.495 e. The number of hydrogen-bond acceptors (Lipinski definition) is 6. The van der Waals surface area contributed by atoms with Crippen LogP contribution in [0.2, 0.25) is 5.02 Å². The molecule has 6 nitrogen and oxygen atoms in total. The van der Waals surface area contributed by atoms with Crippen LogP contribution >= 0.6 is 22.9 Å². The highest BCUT2D eigenvalue weighted by atomic mass is 35.5. The van der Waals surface area contributed by atoms with Gasteiger partial charge in [-0.25, -0.2) is 0 Å². The minimum absolute atomic E-state index is 0.0203. The maximum atomic E-state index is 12.5. The fraction of sp³-hybridized carbons (Fsp3) is 0.235. The average Bonchev–Trinajstić information content (AvgIpc) is 3.34. The van der Waals surface area contributed by atoms with E-state index < -0.39 is 0 Å². The molecule has 3 aromatic rings. The first-order chi connectivity index (χ1) is 12.2. The van der Waals surface area contributed by atoms with Crippen LogP contribution in [0.3, 0.4) is 0 Å². The third kappa shape index (κ3) is 3.01. The summed E-state index contributed by atoms with van der Waals surface area (Å²) in [4.78, 5) is 19.5. The standard InChI is InChI=1S/C17H14ClN3O3S/c1-23-13-5-4-11(18)8-12(13)21-9-10(7-15(21)22)16-19-17(24-20-16)14-3-2-6-25-14/h2-6,8,10H,7,9H2,1H3. The quantitative estimate of drug-likeness (QED) is 0.689. The summed E-state index contributed by atoms with van der Waals surface area (Å²) in [7, 11) is 1.57. The summed E-state index contributed by atoms with van der Waals surface area (Å²) in [6, 6.07) is 9.06. The van der Waals surface area contributed by atoms with Crippen molar-refractivity contribution in [2.45, 2.75) is 12.3 Å². The molecule has 0 N–H and O–H groups in total. The normalized spacial score (nSPS) is 17.3. The summed E-state index contributed by atoms with van der Waals surface area (Å²) in [5, 5.41) is 6.56. The van der Waals surface area contributed by atoms with Gasteiger partial charge < -0.3 is 14.2 Å². The second-order valence-corrected chi connectivity index (χ2v) is 7.04. The molecule has 1 aromatic carbocycles. The van der Waals surface area contributed by atoms with Crippen LogP contribution in [0.4, 0.5) is 5.69 Å². The first kappa shape index (κ1) is 16.1. The Morgan fingerprint density at radius 2 is 2.28 bits per heavy atom. The Kier molecular flexibility index (Phi) is 4.19. The minimum atomic E-state index is -0.131. The van der Waals surface area contributed by atoms with E-state index in [-0.39, 0.29) is 11.8 Å². The van der Waals surface area contributed by atoms with Gasteiger partial charge in [0.25, 0.3) is 5.89 Å². The van der Waals surface area contributed by atoms with Crippen LogP contribution in [0.25, 0.3) is 10.8 Å². The summed E-state index contributed by atoms with van der Waals surface area (Å²) < 4.78 is 10.7. The molecule has 3 heterocycles. The Balaban J connectivity index is 1.60. The number of methoxy groups -OCH3 is 1. The number of benzene rings is 1. The fourth-order valence-electron chi connectivity index (χ4n) is 2.89. The third-order valence-electron chi connectivity index (χ3n) is 4.10. The van der Waals surface area contributed by atoms with Gasteiger partial charge in [0.05, 0.1) is 17.7 Å². The molecule has 128 valence electrons. The number of aromatic nitrogens is 2. The zero-order valence-electron chi connectivity index (χ0n) is 13.3. The van der Waals surface area contributed by atoms with Crippen LogP contribution in [0.5, 0.6) is 5.75 Å². The summed E-state index contributed by atoms with van der Waals surface area (Å²) in [5.74, 6) is 1.48. The van der Waals surface area contributed by atoms with Gasteiger partial charge in [0.15, 0.2) is 5.82 Å². The van der Waals surface area contributed by atoms with Crippen LogP contribution in [0.1, 0.15) is 18.2 Å². The molecule has 1 fully saturated rings. The van der Waals surface area contributed by atoms with Gasteiger partial charge in [-0.15, -0.1) is 11.3 Å². The van der Waals surface area contributed by atoms with Gasteiger partial charge in [0.2, 0.25) is 5.91 Å². The van der Waals surface area contributed by atoms with Crippen molar-refractivity contribution in [3.8, 4) is 16.5 Å². The van der Waals surface area contributed by atoms with E-state index in [1.165, 1.54) is 11.3 Å². The summed E-state index contributed by atoms with van der Waals surface area (Å²) >= 11 is 7.61. The van der Waals surface area contributed by atoms with Gasteiger partial charge in [-0.3, -0.25) is 4.79 Å². The Morgan fingerprint density at radius 3 is 3.04 bits per heavy atom. The van der Waals surface area contributed by atoms with Crippen molar-refractivity contribution in [3.05, 3.63) is 46.6 Å². The molecule has 8 heteroatoms. The van der Waals surface area contributed by atoms with Gasteiger partial charge in [-0.2, -0.15) is 4.98 Å². The molecule has 25 heavy (non-hydrogen) atoms. The van der Waals surface area contributed by atoms with E-state index in [0.29, 0.717) is 41.1 Å². The Labute approximate surface area is 153 Å². The second-order valence-electron chi connectivity index (χ2n) is 5.66. The van der Waals surface area contributed by atoms with E-state index in [2.05, 4.69) is 10.1 Å². The number of rotatable bonds is 4. The lowest BCUT2D eigenvalue weighted by Crippen LogP contribution is -2.24. The van der Waals surface area contributed by atoms with Crippen LogP contribution in [-0.4, -0.2) is 29.7 Å². The predicted octanol–water partition coefficient (Wildman–Crippen LogP) is 3.98. The number of amides is 1. The molecule has 0 spiro atoms. The van der Waals surface area contributed by atoms with Gasteiger partial charge in [0, 0.05) is 23.9 Å². The van der Waals surface area contributed by atoms with E-state index in [0.717, 1.165) is 4.88 Å². The van der Waals surface area contributed by atoms with Crippen LogP contribution < -0.4 is 9.64 Å². The smallest absolute Gasteiger partial charge is 0.267 e. The zero-order chi connectivity index (χ0) is 17.4. The Bertz CT molecular complexity index is 910. The number of halogens is 1. The highest BCUT2D eigenvalue weighted by molar-refractivity contribution is 7.13. The molecule has 0 saturated carbocycles. The molecule has 0 radical (unpaired) electrons. The van der Waals surface area contributed by atoms with Gasteiger partial charge >= 0.3 is 0 Å². The summed E-state index contributed by atoms with van der Waals surface area (Å²) in [6.07, 6.45) is 0.319. The van der Waals surface area contributed by atoms with E-state index in [1.807, 2.05) is 17.5 Å². The second kappa shape index (κ2) is 6.50. The molecule has 0 aliphatic carbocycles. The molecular weight excluding hydrogens is 362 g/mol. The summed E-state index contributed by atoms with van der Waals surface area (Å²) in [5.41, 5.74) is 0.657. The Morgan fingerprint density at radius 1 is 1.40 bits per heavy atom. The van der Waals surface area contributed by atoms with Crippen LogP contribution in [0, 0.1) is 0 Å². The van der Waals surface area contributed by atoms with Crippen LogP contribution in [0.15, 0.2) is 40.2 Å². The third-order valence-corrected chi connectivity index (χ3v) is 5.19. The van der Waals surface area contributed by atoms with Crippen molar-refractivity contribution in [2.75, 3.05) is 18.6 Å². The Hall–Kier alpha value is -2.38. The maximum absolute atomic E-state index is 12.5. The zero-order valence-corrected chi connectivity index (χ0v) is 14.9. The van der Waals surface area contributed by atoms with E-state index in [9.17, 15) is 4.79 Å². The molecule has 4 rings (SSSR count). The first-order valence-corrected chi connectivity index (χ1v) is 8.93. The maximum Gasteiger partial charge on any atom is 0.267 e. The number of carbonyl (C=O) groups is 1. The predicted molar refractivity (Wildman–Crippen MR) is 95.3 cm³/mol. The number of anilines is 1. The molecule has 1 aliphatic rings. The molecule has 1 atom stereocenters. The molecular formula is C17H14ClN3O3S. The van der Waals surface area contributed by atoms with Crippen molar-refractivity contribution < 1.29 is 14.1 Å². The van der Waals surface area contributed by atoms with E-state index in [1.54, 1.807) is 30.2 Å². The molecule has 1 unspecified atom stereocenters. The van der Waals surface area contributed by atoms with E-state index in [4.69, 9.17) is 20.9 Å². The highest BCUT2D eigenvalue weighted by Crippen LogP contribution is 2.37. The first-order valence-electron chi connectivity index (χ1n) is 7.67. The molecule has 1 saturated heterocycles. The lowest BCUT2D eigenvalue weighted by molar-refractivity contribution is -0.117. The van der Waals surface area contributed by atoms with Crippen molar-refractivity contribution in [1.29, 1.82) is 0 Å². The van der Waals surface area contributed by atoms with Gasteiger partial charge in [-0.1, -0.05) is 22.8 Å². The number of nitrogens with zero attached hydrogens (tertiary/aromatic N) is 3. The van der Waals surface area contributed by atoms with Crippen molar-refractivity contribution in [1.82, 2.24) is 10.1 Å². The lowest BCUT2D eigenvalue weighted by atomic mass is 10.1. The fourth-order valence-corrected chi connectivity index (χ4v) is 3.70. The van der Waals surface area contributed by atoms with Crippen molar-refractivity contribution >= 4 is 34.5 Å². The number of carbonyl (C=O) groups excluding carboxylic acids is 1. The minimum Gasteiger partial charge on any atom is -0.495 e. The number of hydrogen-bond donors (Lipinski definition) is 0. The number of ether oxygens (including phenoxy) is 1. The van der Waals surface area contributed by atoms with Crippen LogP contribution in [-0.2, 0) is 4.79 Å². The van der Waals surface area contributed by atoms with Crippen molar-refractivity contribution in [2.24, 2.45) is 0 Å². The topological polar surface area (TPSA) is 68.5 Å². The SMILES string of the molecule is COc1ccc(Cl)cc1N1CC(c2noc(-c3cccs3)n2)CC1=O. The lowest BCUT2D eigenvalue weighted by Gasteiger charge is -2.19. The number of thiophene rings is 1. The average molecular weight is 376 g/mol. The molecule has 1 amide bonds. The summed E-state index contributed by atoms with van der Waals surface area (Å²) in [6.45, 7) is 0.457. The van der Waals surface area contributed by atoms with Gasteiger partial charge in [-0.05, 0) is 29.6 Å². The molecule has 1 aliphatic heterocycles. The van der Waals surface area contributed by atoms with Gasteiger partial charge in [0.1, 0.15) is 5.75 Å².